The van der Waals surface area contributed by atoms with Crippen LogP contribution in [-0.2, 0) is 21.8 Å². The number of ether oxygens (including phenoxy) is 2. The van der Waals surface area contributed by atoms with E-state index in [1.54, 1.807) is 11.8 Å². The lowest BCUT2D eigenvalue weighted by molar-refractivity contribution is 0.122. The minimum Gasteiger partial charge on any atom is -0.445 e. The largest absolute Gasteiger partial charge is 0.445 e. The van der Waals surface area contributed by atoms with Crippen LogP contribution in [0.3, 0.4) is 0 Å². The summed E-state index contributed by atoms with van der Waals surface area (Å²) < 4.78 is 11.4. The minimum atomic E-state index is -0.515. The van der Waals surface area contributed by atoms with Gasteiger partial charge in [-0.15, -0.1) is 10.2 Å². The van der Waals surface area contributed by atoms with Crippen molar-refractivity contribution in [2.24, 2.45) is 0 Å². The van der Waals surface area contributed by atoms with Crippen LogP contribution in [0.4, 0.5) is 27.1 Å². The van der Waals surface area contributed by atoms with Crippen LogP contribution < -0.4 is 20.9 Å². The molecule has 0 radical (unpaired) electrons. The van der Waals surface area contributed by atoms with Gasteiger partial charge in [-0.2, -0.15) is 0 Å². The van der Waals surface area contributed by atoms with E-state index in [4.69, 9.17) is 14.5 Å². The van der Waals surface area contributed by atoms with Crippen LogP contribution in [0.5, 0.6) is 0 Å². The predicted octanol–water partition coefficient (Wildman–Crippen LogP) is 4.45. The predicted molar refractivity (Wildman–Crippen MR) is 145 cm³/mol. The van der Waals surface area contributed by atoms with Crippen molar-refractivity contribution in [1.82, 2.24) is 15.2 Å². The molecule has 1 saturated heterocycles. The van der Waals surface area contributed by atoms with E-state index in [-0.39, 0.29) is 6.61 Å². The molecule has 190 valence electrons. The highest BCUT2D eigenvalue weighted by Crippen LogP contribution is 2.30. The number of nitrogens with zero attached hydrogens (tertiary/aromatic N) is 4. The fourth-order valence-electron chi connectivity index (χ4n) is 3.49. The first-order chi connectivity index (χ1) is 17.6. The zero-order chi connectivity index (χ0) is 25.2. The molecule has 12 heteroatoms. The van der Waals surface area contributed by atoms with Gasteiger partial charge >= 0.3 is 6.09 Å². The third-order valence-electron chi connectivity index (χ3n) is 5.18. The normalized spacial score (nSPS) is 13.2. The Morgan fingerprint density at radius 2 is 2.14 bits per heavy atom. The molecule has 3 N–H and O–H groups in total. The van der Waals surface area contributed by atoms with Crippen molar-refractivity contribution in [2.45, 2.75) is 16.6 Å². The topological polar surface area (TPSA) is 114 Å². The molecule has 0 spiro atoms. The average molecular weight is 528 g/mol. The Kier molecular flexibility index (Phi) is 9.36. The van der Waals surface area contributed by atoms with E-state index in [0.717, 1.165) is 45.3 Å². The van der Waals surface area contributed by atoms with Crippen LogP contribution in [0.15, 0.2) is 53.4 Å². The van der Waals surface area contributed by atoms with Gasteiger partial charge in [0.15, 0.2) is 4.34 Å². The van der Waals surface area contributed by atoms with Crippen LogP contribution in [0.25, 0.3) is 0 Å². The maximum Gasteiger partial charge on any atom is 0.411 e. The molecular formula is C24H29N7O3S2. The number of amides is 1. The van der Waals surface area contributed by atoms with Crippen molar-refractivity contribution >= 4 is 51.5 Å². The molecule has 1 aliphatic rings. The summed E-state index contributed by atoms with van der Waals surface area (Å²) in [5.74, 6) is 1.46. The molecule has 10 nitrogen and oxygen atoms in total. The molecule has 2 aromatic heterocycles. The second kappa shape index (κ2) is 13.1. The van der Waals surface area contributed by atoms with E-state index >= 15 is 0 Å². The zero-order valence-electron chi connectivity index (χ0n) is 20.0. The van der Waals surface area contributed by atoms with Crippen molar-refractivity contribution in [3.63, 3.8) is 0 Å². The van der Waals surface area contributed by atoms with Gasteiger partial charge in [0, 0.05) is 49.9 Å². The van der Waals surface area contributed by atoms with E-state index in [1.807, 2.05) is 31.3 Å². The first-order valence-electron chi connectivity index (χ1n) is 11.5. The fourth-order valence-corrected chi connectivity index (χ4v) is 5.08. The molecule has 1 aromatic carbocycles. The number of hydrogen-bond acceptors (Lipinski definition) is 11. The Morgan fingerprint density at radius 3 is 2.92 bits per heavy atom. The molecule has 3 aromatic rings. The average Bonchev–Trinajstić information content (AvgIpc) is 3.38. The van der Waals surface area contributed by atoms with Gasteiger partial charge in [-0.1, -0.05) is 47.9 Å². The maximum absolute atomic E-state index is 11.8. The first kappa shape index (κ1) is 25.7. The number of morpholine rings is 1. The van der Waals surface area contributed by atoms with Gasteiger partial charge in [0.05, 0.1) is 18.9 Å². The SMILES string of the molecule is C=CCOC(=O)Nc1cccc(CNc2cc(N3CCOCC3)cc(CSc3nnc(NC)s3)n2)c1. The molecule has 1 amide bonds. The van der Waals surface area contributed by atoms with E-state index < -0.39 is 6.09 Å². The molecule has 0 atom stereocenters. The van der Waals surface area contributed by atoms with Crippen LogP contribution in [0.2, 0.25) is 0 Å². The lowest BCUT2D eigenvalue weighted by Gasteiger charge is -2.29. The Hall–Kier alpha value is -3.35. The summed E-state index contributed by atoms with van der Waals surface area (Å²) in [6.07, 6.45) is 1.01. The van der Waals surface area contributed by atoms with Crippen LogP contribution in [0.1, 0.15) is 11.3 Å². The van der Waals surface area contributed by atoms with Gasteiger partial charge in [0.25, 0.3) is 0 Å². The molecule has 4 rings (SSSR count). The highest BCUT2D eigenvalue weighted by atomic mass is 32.2. The highest BCUT2D eigenvalue weighted by molar-refractivity contribution is 8.00. The number of hydrogen-bond donors (Lipinski definition) is 3. The third kappa shape index (κ3) is 7.57. The summed E-state index contributed by atoms with van der Waals surface area (Å²) in [5.41, 5.74) is 3.72. The minimum absolute atomic E-state index is 0.161. The number of rotatable bonds is 11. The molecule has 0 aliphatic carbocycles. The first-order valence-corrected chi connectivity index (χ1v) is 13.3. The van der Waals surface area contributed by atoms with Gasteiger partial charge in [0.2, 0.25) is 5.13 Å². The fraction of sp³-hybridized carbons (Fsp3) is 0.333. The second-order valence-corrected chi connectivity index (χ2v) is 9.98. The third-order valence-corrected chi connectivity index (χ3v) is 7.29. The quantitative estimate of drug-likeness (QED) is 0.244. The smallest absolute Gasteiger partial charge is 0.411 e. The molecule has 0 unspecified atom stereocenters. The van der Waals surface area contributed by atoms with Gasteiger partial charge in [-0.3, -0.25) is 5.32 Å². The molecule has 3 heterocycles. The molecule has 1 aliphatic heterocycles. The molecular weight excluding hydrogens is 498 g/mol. The number of anilines is 4. The summed E-state index contributed by atoms with van der Waals surface area (Å²) in [6, 6.07) is 11.8. The molecule has 0 bridgehead atoms. The number of thioether (sulfide) groups is 1. The maximum atomic E-state index is 11.8. The monoisotopic (exact) mass is 527 g/mol. The number of aromatic nitrogens is 3. The number of nitrogens with one attached hydrogen (secondary N) is 3. The van der Waals surface area contributed by atoms with Crippen molar-refractivity contribution in [3.05, 3.63) is 60.3 Å². The molecule has 0 saturated carbocycles. The Morgan fingerprint density at radius 1 is 1.28 bits per heavy atom. The van der Waals surface area contributed by atoms with E-state index in [2.05, 4.69) is 49.8 Å². The van der Waals surface area contributed by atoms with Crippen LogP contribution >= 0.6 is 23.1 Å². The standard InChI is InChI=1S/C24H29N7O3S2/c1-3-9-34-23(32)28-18-6-4-5-17(12-18)15-26-21-14-20(31-7-10-33-11-8-31)13-19(27-21)16-35-24-30-29-22(25-2)36-24/h3-6,12-14H,1,7-11,15-16H2,2H3,(H,25,29)(H,26,27)(H,28,32). The van der Waals surface area contributed by atoms with Gasteiger partial charge in [-0.25, -0.2) is 9.78 Å². The molecule has 36 heavy (non-hydrogen) atoms. The second-order valence-electron chi connectivity index (χ2n) is 7.78. The van der Waals surface area contributed by atoms with E-state index in [0.29, 0.717) is 31.2 Å². The summed E-state index contributed by atoms with van der Waals surface area (Å²) in [5, 5.41) is 18.3. The highest BCUT2D eigenvalue weighted by Gasteiger charge is 2.15. The lowest BCUT2D eigenvalue weighted by atomic mass is 10.2. The van der Waals surface area contributed by atoms with Gasteiger partial charge in [-0.05, 0) is 23.8 Å². The number of carbonyl (C=O) groups excluding carboxylic acids is 1. The van der Waals surface area contributed by atoms with E-state index in [9.17, 15) is 4.79 Å². The molecule has 1 fully saturated rings. The van der Waals surface area contributed by atoms with Crippen LogP contribution in [-0.4, -0.2) is 61.2 Å². The van der Waals surface area contributed by atoms with Gasteiger partial charge in [0.1, 0.15) is 12.4 Å². The van der Waals surface area contributed by atoms with Crippen molar-refractivity contribution in [2.75, 3.05) is 60.8 Å². The number of benzene rings is 1. The summed E-state index contributed by atoms with van der Waals surface area (Å²) in [6.45, 7) is 7.35. The Balaban J connectivity index is 1.45. The summed E-state index contributed by atoms with van der Waals surface area (Å²) >= 11 is 3.14. The Labute approximate surface area is 218 Å². The van der Waals surface area contributed by atoms with Crippen LogP contribution in [0, 0.1) is 0 Å². The number of carbonyl (C=O) groups is 1. The lowest BCUT2D eigenvalue weighted by Crippen LogP contribution is -2.36. The van der Waals surface area contributed by atoms with Gasteiger partial charge < -0.3 is 25.0 Å². The van der Waals surface area contributed by atoms with E-state index in [1.165, 1.54) is 17.4 Å². The van der Waals surface area contributed by atoms with Crippen molar-refractivity contribution in [3.8, 4) is 0 Å². The van der Waals surface area contributed by atoms with Crippen molar-refractivity contribution in [1.29, 1.82) is 0 Å². The Bertz CT molecular complexity index is 1170. The zero-order valence-corrected chi connectivity index (χ0v) is 21.7. The summed E-state index contributed by atoms with van der Waals surface area (Å²) in [7, 11) is 1.83. The van der Waals surface area contributed by atoms with Crippen molar-refractivity contribution < 1.29 is 14.3 Å². The number of pyridine rings is 1. The summed E-state index contributed by atoms with van der Waals surface area (Å²) in [4.78, 5) is 19.0.